The fourth-order valence-electron chi connectivity index (χ4n) is 1.90. The lowest BCUT2D eigenvalue weighted by Crippen LogP contribution is -1.89. The summed E-state index contributed by atoms with van der Waals surface area (Å²) in [5, 5.41) is 0. The average molecular weight is 222 g/mol. The van der Waals surface area contributed by atoms with Crippen LogP contribution in [0.4, 0.5) is 4.39 Å². The van der Waals surface area contributed by atoms with Crippen molar-refractivity contribution in [1.29, 1.82) is 0 Å². The molecule has 0 amide bonds. The van der Waals surface area contributed by atoms with Crippen molar-refractivity contribution < 1.29 is 4.39 Å². The molecular weight excluding hydrogens is 199 g/mol. The molecular formula is C15H23F. The summed E-state index contributed by atoms with van der Waals surface area (Å²) in [5.74, 6) is -0.0662. The second-order valence-corrected chi connectivity index (χ2v) is 4.60. The van der Waals surface area contributed by atoms with E-state index in [1.165, 1.54) is 38.5 Å². The molecule has 0 aliphatic carbocycles. The molecule has 0 spiro atoms. The highest BCUT2D eigenvalue weighted by Gasteiger charge is 1.99. The lowest BCUT2D eigenvalue weighted by atomic mass is 10.0. The van der Waals surface area contributed by atoms with Gasteiger partial charge in [0.25, 0.3) is 0 Å². The Kier molecular flexibility index (Phi) is 6.14. The van der Waals surface area contributed by atoms with Gasteiger partial charge in [0.2, 0.25) is 0 Å². The highest BCUT2D eigenvalue weighted by molar-refractivity contribution is 5.23. The Balaban J connectivity index is 2.19. The zero-order valence-electron chi connectivity index (χ0n) is 10.6. The van der Waals surface area contributed by atoms with E-state index in [0.29, 0.717) is 0 Å². The number of unbranched alkanes of at least 4 members (excludes halogenated alkanes) is 5. The standard InChI is InChI=1S/C15H23F/c1-3-4-5-6-7-8-9-14-11-10-13(2)15(16)12-14/h10-12H,3-9H2,1-2H3. The van der Waals surface area contributed by atoms with Crippen molar-refractivity contribution in [1.82, 2.24) is 0 Å². The van der Waals surface area contributed by atoms with Crippen molar-refractivity contribution in [3.63, 3.8) is 0 Å². The SMILES string of the molecule is CCCCCCCCc1ccc(C)c(F)c1. The number of halogens is 1. The zero-order valence-corrected chi connectivity index (χ0v) is 10.6. The number of benzene rings is 1. The zero-order chi connectivity index (χ0) is 11.8. The number of hydrogen-bond donors (Lipinski definition) is 0. The van der Waals surface area contributed by atoms with Crippen molar-refractivity contribution in [2.24, 2.45) is 0 Å². The second kappa shape index (κ2) is 7.43. The van der Waals surface area contributed by atoms with E-state index in [1.54, 1.807) is 6.07 Å². The fraction of sp³-hybridized carbons (Fsp3) is 0.600. The minimum atomic E-state index is -0.0662. The van der Waals surface area contributed by atoms with Crippen LogP contribution in [0.25, 0.3) is 0 Å². The van der Waals surface area contributed by atoms with Crippen LogP contribution in [0.15, 0.2) is 18.2 Å². The molecule has 0 radical (unpaired) electrons. The minimum Gasteiger partial charge on any atom is -0.207 e. The normalized spacial score (nSPS) is 10.7. The summed E-state index contributed by atoms with van der Waals surface area (Å²) in [4.78, 5) is 0. The van der Waals surface area contributed by atoms with Crippen LogP contribution in [0.3, 0.4) is 0 Å². The van der Waals surface area contributed by atoms with Gasteiger partial charge in [-0.05, 0) is 37.0 Å². The van der Waals surface area contributed by atoms with E-state index in [9.17, 15) is 4.39 Å². The third-order valence-corrected chi connectivity index (χ3v) is 3.06. The maximum absolute atomic E-state index is 13.3. The molecule has 1 heteroatoms. The highest BCUT2D eigenvalue weighted by atomic mass is 19.1. The fourth-order valence-corrected chi connectivity index (χ4v) is 1.90. The maximum atomic E-state index is 13.3. The maximum Gasteiger partial charge on any atom is 0.126 e. The van der Waals surface area contributed by atoms with Gasteiger partial charge in [0.05, 0.1) is 0 Å². The quantitative estimate of drug-likeness (QED) is 0.567. The van der Waals surface area contributed by atoms with Crippen molar-refractivity contribution in [2.45, 2.75) is 58.8 Å². The molecule has 0 atom stereocenters. The van der Waals surface area contributed by atoms with E-state index in [-0.39, 0.29) is 5.82 Å². The van der Waals surface area contributed by atoms with Gasteiger partial charge < -0.3 is 0 Å². The Labute approximate surface area is 98.9 Å². The van der Waals surface area contributed by atoms with Gasteiger partial charge in [0, 0.05) is 0 Å². The molecule has 1 rings (SSSR count). The molecule has 0 aliphatic heterocycles. The van der Waals surface area contributed by atoms with Crippen LogP contribution < -0.4 is 0 Å². The lowest BCUT2D eigenvalue weighted by molar-refractivity contribution is 0.600. The van der Waals surface area contributed by atoms with E-state index in [0.717, 1.165) is 17.5 Å². The first kappa shape index (κ1) is 13.2. The molecule has 90 valence electrons. The molecule has 0 aliphatic rings. The summed E-state index contributed by atoms with van der Waals surface area (Å²) in [6.07, 6.45) is 8.79. The van der Waals surface area contributed by atoms with Gasteiger partial charge in [-0.15, -0.1) is 0 Å². The summed E-state index contributed by atoms with van der Waals surface area (Å²) in [6.45, 7) is 4.04. The predicted molar refractivity (Wildman–Crippen MR) is 68.2 cm³/mol. The van der Waals surface area contributed by atoms with Crippen molar-refractivity contribution in [3.8, 4) is 0 Å². The number of hydrogen-bond acceptors (Lipinski definition) is 0. The topological polar surface area (TPSA) is 0 Å². The molecule has 0 N–H and O–H groups in total. The van der Waals surface area contributed by atoms with Crippen LogP contribution >= 0.6 is 0 Å². The van der Waals surface area contributed by atoms with Gasteiger partial charge in [-0.1, -0.05) is 51.2 Å². The van der Waals surface area contributed by atoms with Crippen LogP contribution in [-0.4, -0.2) is 0 Å². The van der Waals surface area contributed by atoms with Gasteiger partial charge in [-0.2, -0.15) is 0 Å². The van der Waals surface area contributed by atoms with Crippen LogP contribution in [0.1, 0.15) is 56.6 Å². The predicted octanol–water partition coefficient (Wildman–Crippen LogP) is 5.04. The summed E-state index contributed by atoms with van der Waals surface area (Å²) in [7, 11) is 0. The van der Waals surface area contributed by atoms with Gasteiger partial charge in [0.15, 0.2) is 0 Å². The largest absolute Gasteiger partial charge is 0.207 e. The van der Waals surface area contributed by atoms with Crippen molar-refractivity contribution in [3.05, 3.63) is 35.1 Å². The van der Waals surface area contributed by atoms with Crippen molar-refractivity contribution in [2.75, 3.05) is 0 Å². The van der Waals surface area contributed by atoms with Gasteiger partial charge in [0.1, 0.15) is 5.82 Å². The Hall–Kier alpha value is -0.850. The molecule has 0 aromatic heterocycles. The molecule has 0 unspecified atom stereocenters. The number of rotatable bonds is 7. The second-order valence-electron chi connectivity index (χ2n) is 4.60. The molecule has 0 heterocycles. The van der Waals surface area contributed by atoms with Crippen LogP contribution in [0.5, 0.6) is 0 Å². The van der Waals surface area contributed by atoms with Crippen LogP contribution in [-0.2, 0) is 6.42 Å². The summed E-state index contributed by atoms with van der Waals surface area (Å²) in [6, 6.07) is 5.60. The molecule has 1 aromatic rings. The monoisotopic (exact) mass is 222 g/mol. The molecule has 16 heavy (non-hydrogen) atoms. The molecule has 0 nitrogen and oxygen atoms in total. The first-order valence-corrected chi connectivity index (χ1v) is 6.49. The first-order valence-electron chi connectivity index (χ1n) is 6.49. The van der Waals surface area contributed by atoms with Gasteiger partial charge in [-0.3, -0.25) is 0 Å². The van der Waals surface area contributed by atoms with Crippen LogP contribution in [0, 0.1) is 12.7 Å². The van der Waals surface area contributed by atoms with E-state index >= 15 is 0 Å². The van der Waals surface area contributed by atoms with E-state index < -0.39 is 0 Å². The molecule has 1 aromatic carbocycles. The Bertz CT molecular complexity index is 304. The Morgan fingerprint density at radius 1 is 1.00 bits per heavy atom. The van der Waals surface area contributed by atoms with E-state index in [4.69, 9.17) is 0 Å². The Morgan fingerprint density at radius 2 is 1.69 bits per heavy atom. The lowest BCUT2D eigenvalue weighted by Gasteiger charge is -2.03. The molecule has 0 fully saturated rings. The van der Waals surface area contributed by atoms with E-state index in [2.05, 4.69) is 6.92 Å². The molecule has 0 saturated heterocycles. The van der Waals surface area contributed by atoms with Gasteiger partial charge >= 0.3 is 0 Å². The molecule has 0 bridgehead atoms. The van der Waals surface area contributed by atoms with E-state index in [1.807, 2.05) is 19.1 Å². The summed E-state index contributed by atoms with van der Waals surface area (Å²) >= 11 is 0. The minimum absolute atomic E-state index is 0.0662. The summed E-state index contributed by atoms with van der Waals surface area (Å²) < 4.78 is 13.3. The van der Waals surface area contributed by atoms with Crippen LogP contribution in [0.2, 0.25) is 0 Å². The van der Waals surface area contributed by atoms with Crippen molar-refractivity contribution >= 4 is 0 Å². The summed E-state index contributed by atoms with van der Waals surface area (Å²) in [5.41, 5.74) is 1.88. The average Bonchev–Trinajstić information content (AvgIpc) is 2.28. The van der Waals surface area contributed by atoms with Gasteiger partial charge in [-0.25, -0.2) is 4.39 Å². The highest BCUT2D eigenvalue weighted by Crippen LogP contribution is 2.13. The molecule has 0 saturated carbocycles. The third-order valence-electron chi connectivity index (χ3n) is 3.06. The number of aryl methyl sites for hydroxylation is 2. The first-order chi connectivity index (χ1) is 7.74. The third kappa shape index (κ3) is 4.78. The smallest absolute Gasteiger partial charge is 0.126 e. The Morgan fingerprint density at radius 3 is 2.38 bits per heavy atom.